The van der Waals surface area contributed by atoms with Crippen molar-refractivity contribution in [2.45, 2.75) is 15.5 Å². The first kappa shape index (κ1) is 22.6. The molecule has 1 heterocycles. The monoisotopic (exact) mass is 455 g/mol. The average Bonchev–Trinajstić information content (AvgIpc) is 3.30. The van der Waals surface area contributed by atoms with Crippen molar-refractivity contribution in [3.8, 4) is 28.0 Å². The van der Waals surface area contributed by atoms with Crippen LogP contribution >= 0.6 is 11.3 Å². The molecule has 6 nitrogen and oxygen atoms in total. The first-order valence-corrected chi connectivity index (χ1v) is 11.5. The Hall–Kier alpha value is -3.12. The highest BCUT2D eigenvalue weighted by atomic mass is 32.2. The van der Waals surface area contributed by atoms with Crippen LogP contribution in [-0.4, -0.2) is 33.5 Å². The van der Waals surface area contributed by atoms with Gasteiger partial charge in [-0.2, -0.15) is 0 Å². The Kier molecular flexibility index (Phi) is 6.81. The molecule has 0 aliphatic heterocycles. The summed E-state index contributed by atoms with van der Waals surface area (Å²) in [7, 11) is -1.60. The van der Waals surface area contributed by atoms with Gasteiger partial charge in [0.1, 0.15) is 9.96 Å². The first-order chi connectivity index (χ1) is 14.8. The molecule has 0 aliphatic rings. The van der Waals surface area contributed by atoms with Crippen LogP contribution in [0.15, 0.2) is 70.9 Å². The van der Waals surface area contributed by atoms with Gasteiger partial charge in [-0.1, -0.05) is 30.0 Å². The van der Waals surface area contributed by atoms with Crippen molar-refractivity contribution < 1.29 is 22.7 Å². The highest BCUT2D eigenvalue weighted by molar-refractivity contribution is 7.95. The van der Waals surface area contributed by atoms with Crippen LogP contribution in [0.3, 0.4) is 0 Å². The van der Waals surface area contributed by atoms with Crippen molar-refractivity contribution in [1.82, 2.24) is 0 Å². The molecular formula is C23H21NO5S2. The van der Waals surface area contributed by atoms with Crippen molar-refractivity contribution in [3.63, 3.8) is 0 Å². The third-order valence-electron chi connectivity index (χ3n) is 4.59. The molecule has 31 heavy (non-hydrogen) atoms. The van der Waals surface area contributed by atoms with Crippen molar-refractivity contribution in [2.75, 3.05) is 14.2 Å². The fourth-order valence-corrected chi connectivity index (χ4v) is 5.87. The van der Waals surface area contributed by atoms with E-state index in [1.165, 1.54) is 6.07 Å². The summed E-state index contributed by atoms with van der Waals surface area (Å²) in [4.78, 5) is 10.8. The predicted molar refractivity (Wildman–Crippen MR) is 120 cm³/mol. The van der Waals surface area contributed by atoms with Crippen LogP contribution in [0.25, 0.3) is 10.4 Å². The average molecular weight is 456 g/mol. The van der Waals surface area contributed by atoms with Crippen molar-refractivity contribution in [3.05, 3.63) is 72.3 Å². The second kappa shape index (κ2) is 9.35. The second-order valence-electron chi connectivity index (χ2n) is 6.58. The number of carbonyl (C=O) groups excluding carboxylic acids is 1. The summed E-state index contributed by atoms with van der Waals surface area (Å²) in [5.74, 6) is 5.18. The first-order valence-electron chi connectivity index (χ1n) is 9.22. The molecule has 0 radical (unpaired) electrons. The molecule has 1 atom stereocenters. The van der Waals surface area contributed by atoms with Gasteiger partial charge in [0.25, 0.3) is 0 Å². The molecule has 0 spiro atoms. The third kappa shape index (κ3) is 4.64. The van der Waals surface area contributed by atoms with Gasteiger partial charge >= 0.3 is 5.97 Å². The Bertz CT molecular complexity index is 1220. The minimum absolute atomic E-state index is 0.0345. The SMILES string of the molecule is COC(=O)C(N)(CC#Cc1ccccc1)S(=O)(=O)c1ccc(-c2ccc(OC)cc2)s1. The number of benzene rings is 2. The summed E-state index contributed by atoms with van der Waals surface area (Å²) in [6.45, 7) is 0. The van der Waals surface area contributed by atoms with Gasteiger partial charge in [0, 0.05) is 10.4 Å². The van der Waals surface area contributed by atoms with Gasteiger partial charge in [0.05, 0.1) is 20.6 Å². The Morgan fingerprint density at radius 1 is 1.03 bits per heavy atom. The number of hydrogen-bond acceptors (Lipinski definition) is 7. The summed E-state index contributed by atoms with van der Waals surface area (Å²) in [6.07, 6.45) is -0.410. The lowest BCUT2D eigenvalue weighted by Crippen LogP contribution is -2.54. The lowest BCUT2D eigenvalue weighted by molar-refractivity contribution is -0.143. The zero-order valence-corrected chi connectivity index (χ0v) is 18.6. The molecule has 0 saturated heterocycles. The van der Waals surface area contributed by atoms with E-state index < -0.39 is 27.1 Å². The molecule has 8 heteroatoms. The Morgan fingerprint density at radius 3 is 2.32 bits per heavy atom. The summed E-state index contributed by atoms with van der Waals surface area (Å²) in [5, 5.41) is 0. The van der Waals surface area contributed by atoms with E-state index in [-0.39, 0.29) is 4.21 Å². The predicted octanol–water partition coefficient (Wildman–Crippen LogP) is 3.47. The maximum Gasteiger partial charge on any atom is 0.343 e. The number of thiophene rings is 1. The fraction of sp³-hybridized carbons (Fsp3) is 0.174. The minimum Gasteiger partial charge on any atom is -0.497 e. The standard InChI is InChI=1S/C23H21NO5S2/c1-28-19-12-10-18(11-13-19)20-14-15-21(30-20)31(26,27)23(24,22(25)29-2)16-6-9-17-7-4-3-5-8-17/h3-5,7-8,10-15H,16,24H2,1-2H3. The van der Waals surface area contributed by atoms with Crippen molar-refractivity contribution in [2.24, 2.45) is 5.73 Å². The van der Waals surface area contributed by atoms with Gasteiger partial charge in [-0.25, -0.2) is 13.2 Å². The van der Waals surface area contributed by atoms with E-state index in [0.717, 1.165) is 24.0 Å². The normalized spacial score (nSPS) is 12.9. The van der Waals surface area contributed by atoms with Gasteiger partial charge in [-0.15, -0.1) is 11.3 Å². The zero-order valence-electron chi connectivity index (χ0n) is 17.0. The van der Waals surface area contributed by atoms with E-state index in [1.54, 1.807) is 37.4 Å². The molecule has 0 bridgehead atoms. The van der Waals surface area contributed by atoms with E-state index in [0.29, 0.717) is 16.2 Å². The number of esters is 1. The smallest absolute Gasteiger partial charge is 0.343 e. The van der Waals surface area contributed by atoms with Crippen LogP contribution in [0, 0.1) is 11.8 Å². The molecule has 0 saturated carbocycles. The molecular weight excluding hydrogens is 434 g/mol. The molecule has 160 valence electrons. The molecule has 0 aliphatic carbocycles. The quantitative estimate of drug-likeness (QED) is 0.452. The molecule has 1 aromatic heterocycles. The van der Waals surface area contributed by atoms with E-state index in [2.05, 4.69) is 11.8 Å². The van der Waals surface area contributed by atoms with Crippen LogP contribution < -0.4 is 10.5 Å². The molecule has 3 rings (SSSR count). The summed E-state index contributed by atoms with van der Waals surface area (Å²) in [5.41, 5.74) is 7.64. The molecule has 3 aromatic rings. The molecule has 2 aromatic carbocycles. The summed E-state index contributed by atoms with van der Waals surface area (Å²) < 4.78 is 36.5. The Labute approximate surface area is 185 Å². The largest absolute Gasteiger partial charge is 0.497 e. The third-order valence-corrected chi connectivity index (χ3v) is 8.36. The zero-order chi connectivity index (χ0) is 22.5. The number of nitrogens with two attached hydrogens (primary N) is 1. The van der Waals surface area contributed by atoms with E-state index in [4.69, 9.17) is 15.2 Å². The highest BCUT2D eigenvalue weighted by Gasteiger charge is 2.49. The van der Waals surface area contributed by atoms with E-state index in [1.807, 2.05) is 30.3 Å². The maximum absolute atomic E-state index is 13.3. The van der Waals surface area contributed by atoms with Crippen LogP contribution in [0.2, 0.25) is 0 Å². The van der Waals surface area contributed by atoms with Crippen LogP contribution in [0.5, 0.6) is 5.75 Å². The number of rotatable bonds is 6. The lowest BCUT2D eigenvalue weighted by Gasteiger charge is -2.23. The summed E-state index contributed by atoms with van der Waals surface area (Å²) >= 11 is 1.03. The number of methoxy groups -OCH3 is 2. The number of sulfone groups is 1. The summed E-state index contributed by atoms with van der Waals surface area (Å²) in [6, 6.07) is 19.3. The van der Waals surface area contributed by atoms with Gasteiger partial charge in [0.2, 0.25) is 14.7 Å². The highest BCUT2D eigenvalue weighted by Crippen LogP contribution is 2.36. The molecule has 1 unspecified atom stereocenters. The number of ether oxygens (including phenoxy) is 2. The Balaban J connectivity index is 1.94. The van der Waals surface area contributed by atoms with E-state index >= 15 is 0 Å². The van der Waals surface area contributed by atoms with Gasteiger partial charge in [-0.05, 0) is 54.1 Å². The Morgan fingerprint density at radius 2 is 1.71 bits per heavy atom. The molecule has 2 N–H and O–H groups in total. The lowest BCUT2D eigenvalue weighted by atomic mass is 10.2. The van der Waals surface area contributed by atoms with E-state index in [9.17, 15) is 13.2 Å². The topological polar surface area (TPSA) is 95.7 Å². The van der Waals surface area contributed by atoms with Crippen molar-refractivity contribution in [1.29, 1.82) is 0 Å². The second-order valence-corrected chi connectivity index (χ2v) is 10.1. The van der Waals surface area contributed by atoms with Gasteiger partial charge < -0.3 is 15.2 Å². The molecule has 0 fully saturated rings. The van der Waals surface area contributed by atoms with Gasteiger partial charge in [0.15, 0.2) is 0 Å². The van der Waals surface area contributed by atoms with Crippen LogP contribution in [-0.2, 0) is 19.4 Å². The number of carbonyl (C=O) groups is 1. The maximum atomic E-state index is 13.3. The minimum atomic E-state index is -4.27. The van der Waals surface area contributed by atoms with Crippen molar-refractivity contribution >= 4 is 27.1 Å². The van der Waals surface area contributed by atoms with Crippen LogP contribution in [0.4, 0.5) is 0 Å². The van der Waals surface area contributed by atoms with Gasteiger partial charge in [-0.3, -0.25) is 0 Å². The van der Waals surface area contributed by atoms with Crippen LogP contribution in [0.1, 0.15) is 12.0 Å². The fourth-order valence-electron chi connectivity index (χ4n) is 2.80. The number of hydrogen-bond donors (Lipinski definition) is 1. The molecule has 0 amide bonds.